The summed E-state index contributed by atoms with van der Waals surface area (Å²) in [5, 5.41) is 18.8. The molecule has 140 valence electrons. The van der Waals surface area contributed by atoms with E-state index in [4.69, 9.17) is 21.6 Å². The number of hydrogen-bond acceptors (Lipinski definition) is 6. The number of benzene rings is 1. The van der Waals surface area contributed by atoms with Crippen LogP contribution in [0.5, 0.6) is 11.5 Å². The van der Waals surface area contributed by atoms with Crippen LogP contribution in [-0.2, 0) is 10.0 Å². The smallest absolute Gasteiger partial charge is 0.260 e. The molecule has 3 rings (SSSR count). The van der Waals surface area contributed by atoms with Crippen molar-refractivity contribution in [2.45, 2.75) is 11.1 Å². The lowest BCUT2D eigenvalue weighted by atomic mass is 10.2. The van der Waals surface area contributed by atoms with Crippen LogP contribution in [0.3, 0.4) is 0 Å². The van der Waals surface area contributed by atoms with Crippen molar-refractivity contribution >= 4 is 21.6 Å². The fourth-order valence-electron chi connectivity index (χ4n) is 2.53. The molecule has 0 saturated carbocycles. The fraction of sp³-hybridized carbons (Fsp3) is 0.176. The maximum Gasteiger partial charge on any atom is 0.260 e. The van der Waals surface area contributed by atoms with E-state index in [0.29, 0.717) is 10.6 Å². The Hall–Kier alpha value is -2.67. The van der Waals surface area contributed by atoms with E-state index in [-0.39, 0.29) is 29.4 Å². The van der Waals surface area contributed by atoms with Gasteiger partial charge < -0.3 is 9.84 Å². The van der Waals surface area contributed by atoms with Crippen LogP contribution in [0.1, 0.15) is 5.56 Å². The second kappa shape index (κ2) is 7.15. The number of aromatic hydroxyl groups is 1. The van der Waals surface area contributed by atoms with Gasteiger partial charge in [0, 0.05) is 24.9 Å². The van der Waals surface area contributed by atoms with Gasteiger partial charge in [-0.3, -0.25) is 0 Å². The van der Waals surface area contributed by atoms with Crippen molar-refractivity contribution in [3.05, 3.63) is 59.0 Å². The number of nitriles is 1. The largest absolute Gasteiger partial charge is 0.504 e. The van der Waals surface area contributed by atoms with Crippen LogP contribution < -0.4 is 4.74 Å². The molecule has 1 aliphatic rings. The first-order valence-corrected chi connectivity index (χ1v) is 9.43. The maximum absolute atomic E-state index is 13.8. The highest BCUT2D eigenvalue weighted by Gasteiger charge is 2.37. The number of aromatic nitrogens is 1. The molecule has 1 aliphatic heterocycles. The number of sulfonamides is 1. The molecule has 1 aromatic carbocycles. The highest BCUT2D eigenvalue weighted by molar-refractivity contribution is 7.89. The Kier molecular flexibility index (Phi) is 5.06. The summed E-state index contributed by atoms with van der Waals surface area (Å²) in [6, 6.07) is 6.12. The van der Waals surface area contributed by atoms with E-state index in [2.05, 4.69) is 11.6 Å². The van der Waals surface area contributed by atoms with Crippen molar-refractivity contribution < 1.29 is 22.7 Å². The fourth-order valence-corrected chi connectivity index (χ4v) is 4.00. The van der Waals surface area contributed by atoms with Crippen molar-refractivity contribution in [3.63, 3.8) is 0 Å². The van der Waals surface area contributed by atoms with E-state index in [9.17, 15) is 17.9 Å². The van der Waals surface area contributed by atoms with Crippen molar-refractivity contribution in [2.75, 3.05) is 13.1 Å². The lowest BCUT2D eigenvalue weighted by molar-refractivity contribution is 0.231. The molecule has 7 nitrogen and oxygen atoms in total. The molecule has 1 atom stereocenters. The van der Waals surface area contributed by atoms with Gasteiger partial charge in [0.25, 0.3) is 10.0 Å². The first-order chi connectivity index (χ1) is 12.7. The van der Waals surface area contributed by atoms with E-state index in [1.807, 2.05) is 0 Å². The number of hydrogen-bond donors (Lipinski definition) is 1. The third-order valence-electron chi connectivity index (χ3n) is 3.95. The van der Waals surface area contributed by atoms with Gasteiger partial charge in [0.1, 0.15) is 18.0 Å². The van der Waals surface area contributed by atoms with Crippen LogP contribution in [0.15, 0.2) is 47.6 Å². The van der Waals surface area contributed by atoms with E-state index >= 15 is 0 Å². The number of nitrogens with zero attached hydrogens (tertiary/aromatic N) is 3. The molecule has 2 heterocycles. The van der Waals surface area contributed by atoms with Crippen LogP contribution in [0.4, 0.5) is 4.39 Å². The molecule has 0 bridgehead atoms. The van der Waals surface area contributed by atoms with E-state index in [1.54, 1.807) is 6.07 Å². The average molecular weight is 410 g/mol. The summed E-state index contributed by atoms with van der Waals surface area (Å²) in [7, 11) is -3.90. The standard InChI is InChI=1S/C17H13ClFN3O4S/c1-10-8-22(27(24,25)17-3-2-12(18)7-21-17)9-16(10)26-15-5-13(19)11(6-20)4-14(15)23/h2-5,7,16,23H,1,8-9H2. The molecule has 2 aromatic rings. The molecule has 1 saturated heterocycles. The van der Waals surface area contributed by atoms with E-state index in [0.717, 1.165) is 16.4 Å². The number of pyridine rings is 1. The Balaban J connectivity index is 1.81. The van der Waals surface area contributed by atoms with Crippen LogP contribution in [0.2, 0.25) is 5.02 Å². The normalized spacial score (nSPS) is 17.7. The lowest BCUT2D eigenvalue weighted by Gasteiger charge is -2.17. The molecule has 27 heavy (non-hydrogen) atoms. The number of rotatable bonds is 4. The molecule has 1 N–H and O–H groups in total. The Labute approximate surface area is 159 Å². The molecule has 10 heteroatoms. The second-order valence-electron chi connectivity index (χ2n) is 5.79. The molecule has 1 fully saturated rings. The van der Waals surface area contributed by atoms with Crippen LogP contribution >= 0.6 is 11.6 Å². The summed E-state index contributed by atoms with van der Waals surface area (Å²) in [6.45, 7) is 3.68. The molecule has 0 spiro atoms. The van der Waals surface area contributed by atoms with Gasteiger partial charge in [-0.2, -0.15) is 9.57 Å². The average Bonchev–Trinajstić information content (AvgIpc) is 2.99. The molecular formula is C17H13ClFN3O4S. The Morgan fingerprint density at radius 2 is 2.19 bits per heavy atom. The third kappa shape index (κ3) is 3.73. The van der Waals surface area contributed by atoms with E-state index < -0.39 is 27.7 Å². The minimum atomic E-state index is -3.90. The quantitative estimate of drug-likeness (QED) is 0.778. The van der Waals surface area contributed by atoms with Gasteiger partial charge in [-0.1, -0.05) is 18.2 Å². The zero-order valence-electron chi connectivity index (χ0n) is 13.8. The van der Waals surface area contributed by atoms with Crippen molar-refractivity contribution in [1.29, 1.82) is 5.26 Å². The van der Waals surface area contributed by atoms with Gasteiger partial charge in [-0.15, -0.1) is 0 Å². The molecular weight excluding hydrogens is 397 g/mol. The predicted octanol–water partition coefficient (Wildman–Crippen LogP) is 2.46. The summed E-state index contributed by atoms with van der Waals surface area (Å²) in [5.41, 5.74) is 0.0971. The highest BCUT2D eigenvalue weighted by atomic mass is 35.5. The van der Waals surface area contributed by atoms with Gasteiger partial charge in [-0.25, -0.2) is 17.8 Å². The third-order valence-corrected chi connectivity index (χ3v) is 5.90. The minimum Gasteiger partial charge on any atom is -0.504 e. The molecule has 0 amide bonds. The SMILES string of the molecule is C=C1CN(S(=O)(=O)c2ccc(Cl)cn2)CC1Oc1cc(F)c(C#N)cc1O. The second-order valence-corrected chi connectivity index (χ2v) is 8.11. The Bertz CT molecular complexity index is 1050. The molecule has 1 unspecified atom stereocenters. The number of halogens is 2. The van der Waals surface area contributed by atoms with Gasteiger partial charge in [-0.05, 0) is 17.7 Å². The molecule has 0 radical (unpaired) electrons. The van der Waals surface area contributed by atoms with Crippen LogP contribution in [-0.4, -0.2) is 42.0 Å². The van der Waals surface area contributed by atoms with Crippen molar-refractivity contribution in [2.24, 2.45) is 0 Å². The van der Waals surface area contributed by atoms with Crippen LogP contribution in [0.25, 0.3) is 0 Å². The highest BCUT2D eigenvalue weighted by Crippen LogP contribution is 2.33. The Morgan fingerprint density at radius 1 is 1.44 bits per heavy atom. The first-order valence-electron chi connectivity index (χ1n) is 7.61. The minimum absolute atomic E-state index is 0.0170. The predicted molar refractivity (Wildman–Crippen MR) is 94.3 cm³/mol. The molecule has 1 aromatic heterocycles. The van der Waals surface area contributed by atoms with Gasteiger partial charge in [0.15, 0.2) is 16.5 Å². The first kappa shape index (κ1) is 19.1. The van der Waals surface area contributed by atoms with Gasteiger partial charge in [0.2, 0.25) is 0 Å². The zero-order chi connectivity index (χ0) is 19.8. The lowest BCUT2D eigenvalue weighted by Crippen LogP contribution is -2.31. The number of phenols is 1. The van der Waals surface area contributed by atoms with Gasteiger partial charge >= 0.3 is 0 Å². The van der Waals surface area contributed by atoms with Crippen molar-refractivity contribution in [1.82, 2.24) is 9.29 Å². The topological polar surface area (TPSA) is 104 Å². The summed E-state index contributed by atoms with van der Waals surface area (Å²) in [4.78, 5) is 3.82. The van der Waals surface area contributed by atoms with Gasteiger partial charge in [0.05, 0.1) is 17.1 Å². The summed E-state index contributed by atoms with van der Waals surface area (Å²) < 4.78 is 45.8. The van der Waals surface area contributed by atoms with Crippen molar-refractivity contribution in [3.8, 4) is 17.6 Å². The maximum atomic E-state index is 13.8. The summed E-state index contributed by atoms with van der Waals surface area (Å²) in [6.07, 6.45) is 0.426. The summed E-state index contributed by atoms with van der Waals surface area (Å²) >= 11 is 5.73. The van der Waals surface area contributed by atoms with E-state index in [1.165, 1.54) is 18.3 Å². The summed E-state index contributed by atoms with van der Waals surface area (Å²) in [5.74, 6) is -1.49. The molecule has 0 aliphatic carbocycles. The Morgan fingerprint density at radius 3 is 2.81 bits per heavy atom. The zero-order valence-corrected chi connectivity index (χ0v) is 15.3. The number of ether oxygens (including phenoxy) is 1. The number of phenolic OH excluding ortho intramolecular Hbond substituents is 1. The van der Waals surface area contributed by atoms with Crippen LogP contribution in [0, 0.1) is 17.1 Å². The monoisotopic (exact) mass is 409 g/mol.